The highest BCUT2D eigenvalue weighted by Crippen LogP contribution is 2.33. The maximum Gasteiger partial charge on any atom is 0.416 e. The van der Waals surface area contributed by atoms with Gasteiger partial charge in [0.05, 0.1) is 42.5 Å². The van der Waals surface area contributed by atoms with E-state index in [0.717, 1.165) is 17.6 Å². The highest BCUT2D eigenvalue weighted by atomic mass is 32.2. The van der Waals surface area contributed by atoms with Crippen LogP contribution in [0.2, 0.25) is 0 Å². The molecule has 0 unspecified atom stereocenters. The second-order valence-electron chi connectivity index (χ2n) is 5.63. The van der Waals surface area contributed by atoms with E-state index in [1.54, 1.807) is 0 Å². The lowest BCUT2D eigenvalue weighted by Crippen LogP contribution is -2.30. The minimum absolute atomic E-state index is 0.00984. The van der Waals surface area contributed by atoms with E-state index in [4.69, 9.17) is 9.47 Å². The van der Waals surface area contributed by atoms with Crippen molar-refractivity contribution in [2.24, 2.45) is 0 Å². The number of imidazole rings is 1. The first-order chi connectivity index (χ1) is 11.5. The summed E-state index contributed by atoms with van der Waals surface area (Å²) in [6.45, 7) is 4.34. The molecule has 0 N–H and O–H groups in total. The molecule has 1 aliphatic rings. The summed E-state index contributed by atoms with van der Waals surface area (Å²) in [4.78, 5) is 4.50. The number of halogens is 3. The van der Waals surface area contributed by atoms with Gasteiger partial charge in [-0.2, -0.15) is 13.2 Å². The zero-order valence-electron chi connectivity index (χ0n) is 13.3. The molecule has 2 aromatic rings. The average molecular weight is 360 g/mol. The van der Waals surface area contributed by atoms with E-state index in [0.29, 0.717) is 43.2 Å². The zero-order chi connectivity index (χ0) is 17.2. The van der Waals surface area contributed by atoms with Crippen LogP contribution >= 0.6 is 11.8 Å². The van der Waals surface area contributed by atoms with Gasteiger partial charge in [-0.1, -0.05) is 18.7 Å². The van der Waals surface area contributed by atoms with Gasteiger partial charge in [-0.3, -0.25) is 0 Å². The summed E-state index contributed by atoms with van der Waals surface area (Å²) in [5.74, 6) is 0.666. The van der Waals surface area contributed by atoms with Crippen molar-refractivity contribution >= 4 is 22.8 Å². The van der Waals surface area contributed by atoms with Crippen LogP contribution in [0.15, 0.2) is 23.4 Å². The molecule has 1 aliphatic heterocycles. The highest BCUT2D eigenvalue weighted by molar-refractivity contribution is 7.99. The molecule has 1 saturated heterocycles. The van der Waals surface area contributed by atoms with Crippen LogP contribution in [0.3, 0.4) is 0 Å². The molecule has 1 atom stereocenters. The number of fused-ring (bicyclic) bond motifs is 1. The molecule has 0 spiro atoms. The third-order valence-electron chi connectivity index (χ3n) is 3.77. The number of alkyl halides is 3. The van der Waals surface area contributed by atoms with Crippen molar-refractivity contribution < 1.29 is 22.6 Å². The molecule has 3 rings (SSSR count). The van der Waals surface area contributed by atoms with Gasteiger partial charge in [0.25, 0.3) is 0 Å². The third-order valence-corrected chi connectivity index (χ3v) is 4.88. The monoisotopic (exact) mass is 360 g/mol. The van der Waals surface area contributed by atoms with E-state index < -0.39 is 11.7 Å². The van der Waals surface area contributed by atoms with Gasteiger partial charge >= 0.3 is 6.18 Å². The van der Waals surface area contributed by atoms with Gasteiger partial charge in [-0.05, 0) is 24.6 Å². The molecule has 0 aliphatic carbocycles. The van der Waals surface area contributed by atoms with Gasteiger partial charge in [-0.25, -0.2) is 4.98 Å². The number of aryl methyl sites for hydroxylation is 1. The van der Waals surface area contributed by atoms with E-state index in [-0.39, 0.29) is 6.10 Å². The maximum absolute atomic E-state index is 13.0. The minimum Gasteiger partial charge on any atom is -0.376 e. The average Bonchev–Trinajstić information content (AvgIpc) is 2.91. The predicted octanol–water partition coefficient (Wildman–Crippen LogP) is 3.97. The Hall–Kier alpha value is -1.25. The number of ether oxygens (including phenoxy) is 2. The summed E-state index contributed by atoms with van der Waals surface area (Å²) in [7, 11) is 0. The Balaban J connectivity index is 1.87. The lowest BCUT2D eigenvalue weighted by molar-refractivity contribution is -0.137. The van der Waals surface area contributed by atoms with Crippen molar-refractivity contribution in [2.75, 3.05) is 25.6 Å². The zero-order valence-corrected chi connectivity index (χ0v) is 14.1. The predicted molar refractivity (Wildman–Crippen MR) is 86.3 cm³/mol. The normalized spacial score (nSPS) is 19.1. The van der Waals surface area contributed by atoms with Crippen molar-refractivity contribution in [1.82, 2.24) is 9.55 Å². The van der Waals surface area contributed by atoms with E-state index in [1.807, 2.05) is 11.5 Å². The molecule has 1 aromatic carbocycles. The smallest absolute Gasteiger partial charge is 0.376 e. The van der Waals surface area contributed by atoms with Crippen molar-refractivity contribution in [3.63, 3.8) is 0 Å². The maximum atomic E-state index is 13.0. The lowest BCUT2D eigenvalue weighted by Gasteiger charge is -2.22. The topological polar surface area (TPSA) is 36.3 Å². The molecule has 2 heterocycles. The molecular formula is C16H19F3N2O2S. The number of rotatable bonds is 5. The van der Waals surface area contributed by atoms with Gasteiger partial charge < -0.3 is 14.0 Å². The van der Waals surface area contributed by atoms with Crippen LogP contribution in [-0.4, -0.2) is 41.2 Å². The third kappa shape index (κ3) is 3.87. The molecule has 24 heavy (non-hydrogen) atoms. The second kappa shape index (κ2) is 7.33. The Labute approximate surface area is 142 Å². The van der Waals surface area contributed by atoms with Crippen LogP contribution < -0.4 is 0 Å². The van der Waals surface area contributed by atoms with Crippen LogP contribution in [0.25, 0.3) is 11.0 Å². The number of thioether (sulfide) groups is 1. The Morgan fingerprint density at radius 3 is 2.83 bits per heavy atom. The number of hydrogen-bond acceptors (Lipinski definition) is 4. The van der Waals surface area contributed by atoms with E-state index in [9.17, 15) is 13.2 Å². The van der Waals surface area contributed by atoms with Gasteiger partial charge in [0.15, 0.2) is 5.16 Å². The molecule has 1 fully saturated rings. The van der Waals surface area contributed by atoms with E-state index in [2.05, 4.69) is 4.98 Å². The summed E-state index contributed by atoms with van der Waals surface area (Å²) >= 11 is 1.50. The van der Waals surface area contributed by atoms with Gasteiger partial charge in [0.1, 0.15) is 0 Å². The molecule has 0 amide bonds. The standard InChI is InChI=1S/C16H19F3N2O2S/c1-2-5-21-14-8-11(16(17,18)19)3-4-13(14)20-15(21)24-10-12-9-22-6-7-23-12/h3-4,8,12H,2,5-7,9-10H2,1H3/t12-/m0/s1. The molecule has 0 saturated carbocycles. The fraction of sp³-hybridized carbons (Fsp3) is 0.562. The Kier molecular flexibility index (Phi) is 5.36. The van der Waals surface area contributed by atoms with Crippen LogP contribution in [-0.2, 0) is 22.2 Å². The highest BCUT2D eigenvalue weighted by Gasteiger charge is 2.31. The van der Waals surface area contributed by atoms with Gasteiger partial charge in [0.2, 0.25) is 0 Å². The largest absolute Gasteiger partial charge is 0.416 e. The first kappa shape index (κ1) is 17.6. The lowest BCUT2D eigenvalue weighted by atomic mass is 10.2. The quantitative estimate of drug-likeness (QED) is 0.756. The van der Waals surface area contributed by atoms with E-state index >= 15 is 0 Å². The molecule has 132 valence electrons. The summed E-state index contributed by atoms with van der Waals surface area (Å²) in [5, 5.41) is 0.723. The van der Waals surface area contributed by atoms with Crippen molar-refractivity contribution in [1.29, 1.82) is 0 Å². The summed E-state index contributed by atoms with van der Waals surface area (Å²) in [6.07, 6.45) is -3.54. The SMILES string of the molecule is CCCn1c(SC[C@@H]2COCCO2)nc2ccc(C(F)(F)F)cc21. The fourth-order valence-electron chi connectivity index (χ4n) is 2.63. The van der Waals surface area contributed by atoms with Crippen LogP contribution in [0, 0.1) is 0 Å². The number of benzene rings is 1. The molecule has 4 nitrogen and oxygen atoms in total. The van der Waals surface area contributed by atoms with E-state index in [1.165, 1.54) is 23.9 Å². The van der Waals surface area contributed by atoms with Crippen molar-refractivity contribution in [2.45, 2.75) is 37.3 Å². The van der Waals surface area contributed by atoms with Crippen LogP contribution in [0.1, 0.15) is 18.9 Å². The molecule has 8 heteroatoms. The number of aromatic nitrogens is 2. The van der Waals surface area contributed by atoms with Crippen LogP contribution in [0.5, 0.6) is 0 Å². The summed E-state index contributed by atoms with van der Waals surface area (Å²) in [6, 6.07) is 3.70. The summed E-state index contributed by atoms with van der Waals surface area (Å²) < 4.78 is 51.7. The molecular weight excluding hydrogens is 341 g/mol. The van der Waals surface area contributed by atoms with Gasteiger partial charge in [-0.15, -0.1) is 0 Å². The van der Waals surface area contributed by atoms with Crippen molar-refractivity contribution in [3.8, 4) is 0 Å². The Bertz CT molecular complexity index is 696. The number of hydrogen-bond donors (Lipinski definition) is 0. The second-order valence-corrected chi connectivity index (χ2v) is 6.61. The molecule has 0 bridgehead atoms. The number of nitrogens with zero attached hydrogens (tertiary/aromatic N) is 2. The molecule has 0 radical (unpaired) electrons. The van der Waals surface area contributed by atoms with Crippen LogP contribution in [0.4, 0.5) is 13.2 Å². The first-order valence-corrected chi connectivity index (χ1v) is 8.87. The van der Waals surface area contributed by atoms with Crippen molar-refractivity contribution in [3.05, 3.63) is 23.8 Å². The Morgan fingerprint density at radius 2 is 2.17 bits per heavy atom. The first-order valence-electron chi connectivity index (χ1n) is 7.88. The fourth-order valence-corrected chi connectivity index (χ4v) is 3.66. The minimum atomic E-state index is -4.35. The Morgan fingerprint density at radius 1 is 1.33 bits per heavy atom. The summed E-state index contributed by atoms with van der Waals surface area (Å²) in [5.41, 5.74) is 0.461. The molecule has 1 aromatic heterocycles. The van der Waals surface area contributed by atoms with Gasteiger partial charge in [0, 0.05) is 12.3 Å².